The molecule has 1 aromatic heterocycles. The molecule has 1 heterocycles. The standard InChI is InChI=1S/C14H19NO2/c16-14(9-8-13-7-4-10-17-13)15-11-12-5-2-1-3-6-12/h4,7-10,12H,1-3,5-6,11H2,(H,15,16)/b9-8+. The molecule has 1 aromatic rings. The predicted molar refractivity (Wildman–Crippen MR) is 67.3 cm³/mol. The van der Waals surface area contributed by atoms with Crippen LogP contribution in [0.15, 0.2) is 28.9 Å². The van der Waals surface area contributed by atoms with Gasteiger partial charge in [-0.15, -0.1) is 0 Å². The van der Waals surface area contributed by atoms with E-state index in [1.807, 2.05) is 6.07 Å². The highest BCUT2D eigenvalue weighted by Crippen LogP contribution is 2.22. The van der Waals surface area contributed by atoms with Crippen LogP contribution < -0.4 is 5.32 Å². The third kappa shape index (κ3) is 4.10. The van der Waals surface area contributed by atoms with Crippen LogP contribution in [-0.2, 0) is 4.79 Å². The molecule has 92 valence electrons. The Balaban J connectivity index is 1.70. The summed E-state index contributed by atoms with van der Waals surface area (Å²) in [5.41, 5.74) is 0. The van der Waals surface area contributed by atoms with Gasteiger partial charge in [-0.2, -0.15) is 0 Å². The fourth-order valence-corrected chi connectivity index (χ4v) is 2.24. The van der Waals surface area contributed by atoms with Gasteiger partial charge >= 0.3 is 0 Å². The van der Waals surface area contributed by atoms with Crippen LogP contribution in [0.1, 0.15) is 37.9 Å². The second-order valence-corrected chi connectivity index (χ2v) is 4.60. The van der Waals surface area contributed by atoms with E-state index in [1.165, 1.54) is 38.2 Å². The third-order valence-corrected chi connectivity index (χ3v) is 3.23. The van der Waals surface area contributed by atoms with E-state index in [0.29, 0.717) is 11.7 Å². The van der Waals surface area contributed by atoms with E-state index in [0.717, 1.165) is 6.54 Å². The van der Waals surface area contributed by atoms with E-state index in [4.69, 9.17) is 4.42 Å². The van der Waals surface area contributed by atoms with Crippen molar-refractivity contribution >= 4 is 12.0 Å². The minimum absolute atomic E-state index is 0.0352. The average Bonchev–Trinajstić information content (AvgIpc) is 2.88. The summed E-state index contributed by atoms with van der Waals surface area (Å²) in [6.07, 6.45) is 11.3. The van der Waals surface area contributed by atoms with Crippen LogP contribution in [0, 0.1) is 5.92 Å². The second kappa shape index (κ2) is 6.28. The predicted octanol–water partition coefficient (Wildman–Crippen LogP) is 2.99. The molecule has 0 radical (unpaired) electrons. The molecule has 3 nitrogen and oxygen atoms in total. The molecule has 0 saturated heterocycles. The summed E-state index contributed by atoms with van der Waals surface area (Å²) in [6, 6.07) is 3.63. The molecule has 2 rings (SSSR count). The van der Waals surface area contributed by atoms with Gasteiger partial charge in [0.25, 0.3) is 0 Å². The fourth-order valence-electron chi connectivity index (χ4n) is 2.24. The molecule has 0 bridgehead atoms. The fraction of sp³-hybridized carbons (Fsp3) is 0.500. The molecule has 1 amide bonds. The van der Waals surface area contributed by atoms with Crippen molar-refractivity contribution in [3.63, 3.8) is 0 Å². The second-order valence-electron chi connectivity index (χ2n) is 4.60. The highest BCUT2D eigenvalue weighted by Gasteiger charge is 2.13. The lowest BCUT2D eigenvalue weighted by molar-refractivity contribution is -0.116. The molecule has 0 spiro atoms. The highest BCUT2D eigenvalue weighted by molar-refractivity contribution is 5.91. The zero-order valence-electron chi connectivity index (χ0n) is 10.0. The first-order valence-electron chi connectivity index (χ1n) is 6.34. The van der Waals surface area contributed by atoms with Gasteiger partial charge in [0.15, 0.2) is 0 Å². The first-order valence-corrected chi connectivity index (χ1v) is 6.34. The number of rotatable bonds is 4. The van der Waals surface area contributed by atoms with Gasteiger partial charge in [0.2, 0.25) is 5.91 Å². The Bertz CT molecular complexity index is 362. The Hall–Kier alpha value is -1.51. The zero-order chi connectivity index (χ0) is 11.9. The van der Waals surface area contributed by atoms with E-state index >= 15 is 0 Å². The number of hydrogen-bond donors (Lipinski definition) is 1. The molecular weight excluding hydrogens is 214 g/mol. The van der Waals surface area contributed by atoms with E-state index in [-0.39, 0.29) is 5.91 Å². The van der Waals surface area contributed by atoms with Gasteiger partial charge in [0.1, 0.15) is 5.76 Å². The molecule has 1 aliphatic rings. The lowest BCUT2D eigenvalue weighted by Crippen LogP contribution is -2.28. The average molecular weight is 233 g/mol. The van der Waals surface area contributed by atoms with Crippen LogP contribution >= 0.6 is 0 Å². The maximum Gasteiger partial charge on any atom is 0.244 e. The van der Waals surface area contributed by atoms with Crippen LogP contribution in [-0.4, -0.2) is 12.5 Å². The van der Waals surface area contributed by atoms with Crippen LogP contribution in [0.3, 0.4) is 0 Å². The van der Waals surface area contributed by atoms with Gasteiger partial charge in [0.05, 0.1) is 6.26 Å². The van der Waals surface area contributed by atoms with E-state index in [2.05, 4.69) is 5.32 Å². The third-order valence-electron chi connectivity index (χ3n) is 3.23. The summed E-state index contributed by atoms with van der Waals surface area (Å²) in [5, 5.41) is 2.95. The molecule has 1 saturated carbocycles. The summed E-state index contributed by atoms with van der Waals surface area (Å²) in [5.74, 6) is 1.34. The van der Waals surface area contributed by atoms with Crippen molar-refractivity contribution in [1.82, 2.24) is 5.32 Å². The van der Waals surface area contributed by atoms with Crippen molar-refractivity contribution < 1.29 is 9.21 Å². The van der Waals surface area contributed by atoms with Crippen molar-refractivity contribution in [2.75, 3.05) is 6.54 Å². The van der Waals surface area contributed by atoms with Crippen molar-refractivity contribution in [2.45, 2.75) is 32.1 Å². The summed E-state index contributed by atoms with van der Waals surface area (Å²) in [6.45, 7) is 0.807. The van der Waals surface area contributed by atoms with E-state index in [9.17, 15) is 4.79 Å². The summed E-state index contributed by atoms with van der Waals surface area (Å²) in [7, 11) is 0. The first kappa shape index (κ1) is 12.0. The van der Waals surface area contributed by atoms with Crippen molar-refractivity contribution in [3.8, 4) is 0 Å². The monoisotopic (exact) mass is 233 g/mol. The van der Waals surface area contributed by atoms with Crippen molar-refractivity contribution in [2.24, 2.45) is 5.92 Å². The molecule has 0 atom stereocenters. The maximum absolute atomic E-state index is 11.5. The van der Waals surface area contributed by atoms with Crippen LogP contribution in [0.4, 0.5) is 0 Å². The molecule has 1 aliphatic carbocycles. The Morgan fingerprint density at radius 3 is 2.94 bits per heavy atom. The molecular formula is C14H19NO2. The highest BCUT2D eigenvalue weighted by atomic mass is 16.3. The lowest BCUT2D eigenvalue weighted by Gasteiger charge is -2.21. The minimum Gasteiger partial charge on any atom is -0.465 e. The molecule has 1 fully saturated rings. The summed E-state index contributed by atoms with van der Waals surface area (Å²) >= 11 is 0. The number of furan rings is 1. The Morgan fingerprint density at radius 2 is 2.24 bits per heavy atom. The normalized spacial score (nSPS) is 17.4. The number of carbonyl (C=O) groups excluding carboxylic acids is 1. The number of carbonyl (C=O) groups is 1. The van der Waals surface area contributed by atoms with Crippen LogP contribution in [0.25, 0.3) is 6.08 Å². The zero-order valence-corrected chi connectivity index (χ0v) is 10.0. The van der Waals surface area contributed by atoms with Gasteiger partial charge < -0.3 is 9.73 Å². The van der Waals surface area contributed by atoms with Crippen molar-refractivity contribution in [3.05, 3.63) is 30.2 Å². The van der Waals surface area contributed by atoms with E-state index < -0.39 is 0 Å². The quantitative estimate of drug-likeness (QED) is 0.812. The minimum atomic E-state index is -0.0352. The molecule has 0 unspecified atom stereocenters. The van der Waals surface area contributed by atoms with Gasteiger partial charge in [-0.05, 0) is 37.0 Å². The Kier molecular flexibility index (Phi) is 4.42. The van der Waals surface area contributed by atoms with Gasteiger partial charge in [-0.3, -0.25) is 4.79 Å². The van der Waals surface area contributed by atoms with Crippen LogP contribution in [0.5, 0.6) is 0 Å². The number of amides is 1. The largest absolute Gasteiger partial charge is 0.465 e. The SMILES string of the molecule is O=C(/C=C/c1ccco1)NCC1CCCCC1. The summed E-state index contributed by atoms with van der Waals surface area (Å²) < 4.78 is 5.11. The number of nitrogens with one attached hydrogen (secondary N) is 1. The summed E-state index contributed by atoms with van der Waals surface area (Å²) in [4.78, 5) is 11.5. The molecule has 0 aromatic carbocycles. The topological polar surface area (TPSA) is 42.2 Å². The first-order chi connectivity index (χ1) is 8.34. The van der Waals surface area contributed by atoms with Crippen molar-refractivity contribution in [1.29, 1.82) is 0 Å². The molecule has 3 heteroatoms. The van der Waals surface area contributed by atoms with Crippen LogP contribution in [0.2, 0.25) is 0 Å². The van der Waals surface area contributed by atoms with E-state index in [1.54, 1.807) is 18.4 Å². The number of hydrogen-bond acceptors (Lipinski definition) is 2. The maximum atomic E-state index is 11.5. The smallest absolute Gasteiger partial charge is 0.244 e. The van der Waals surface area contributed by atoms with Gasteiger partial charge in [-0.25, -0.2) is 0 Å². The molecule has 17 heavy (non-hydrogen) atoms. The Labute approximate surface area is 102 Å². The van der Waals surface area contributed by atoms with Gasteiger partial charge in [0, 0.05) is 12.6 Å². The van der Waals surface area contributed by atoms with Gasteiger partial charge in [-0.1, -0.05) is 19.3 Å². The molecule has 1 N–H and O–H groups in total. The Morgan fingerprint density at radius 1 is 1.41 bits per heavy atom. The molecule has 0 aliphatic heterocycles. The lowest BCUT2D eigenvalue weighted by atomic mass is 9.89.